The molecule has 1 aliphatic rings. The summed E-state index contributed by atoms with van der Waals surface area (Å²) in [5.74, 6) is 0. The number of nitrogens with one attached hydrogen (secondary N) is 1. The summed E-state index contributed by atoms with van der Waals surface area (Å²) in [6.07, 6.45) is 2.67. The molecule has 0 radical (unpaired) electrons. The first-order valence-electron chi connectivity index (χ1n) is 7.96. The second-order valence-corrected chi connectivity index (χ2v) is 6.57. The van der Waals surface area contributed by atoms with Crippen LogP contribution >= 0.6 is 0 Å². The Hall–Kier alpha value is -1.60. The number of rotatable bonds is 4. The van der Waals surface area contributed by atoms with Gasteiger partial charge in [-0.05, 0) is 73.9 Å². The summed E-state index contributed by atoms with van der Waals surface area (Å²) in [7, 11) is 0. The van der Waals surface area contributed by atoms with E-state index >= 15 is 0 Å². The molecule has 0 heterocycles. The van der Waals surface area contributed by atoms with Gasteiger partial charge in [0.2, 0.25) is 0 Å². The van der Waals surface area contributed by atoms with E-state index in [1.165, 1.54) is 51.8 Å². The molecule has 1 saturated carbocycles. The van der Waals surface area contributed by atoms with Gasteiger partial charge in [-0.2, -0.15) is 0 Å². The van der Waals surface area contributed by atoms with Crippen LogP contribution in [0.15, 0.2) is 30.3 Å². The highest BCUT2D eigenvalue weighted by Gasteiger charge is 2.20. The lowest BCUT2D eigenvalue weighted by molar-refractivity contribution is 0.688. The maximum absolute atomic E-state index is 3.65. The fourth-order valence-electron chi connectivity index (χ4n) is 2.89. The van der Waals surface area contributed by atoms with E-state index in [9.17, 15) is 0 Å². The van der Waals surface area contributed by atoms with Gasteiger partial charge in [-0.15, -0.1) is 0 Å². The van der Waals surface area contributed by atoms with Crippen LogP contribution in [0.5, 0.6) is 0 Å². The molecule has 1 aliphatic carbocycles. The van der Waals surface area contributed by atoms with Gasteiger partial charge in [0.05, 0.1) is 0 Å². The molecule has 0 amide bonds. The molecule has 21 heavy (non-hydrogen) atoms. The van der Waals surface area contributed by atoms with Crippen molar-refractivity contribution < 1.29 is 0 Å². The van der Waals surface area contributed by atoms with Gasteiger partial charge in [-0.1, -0.05) is 35.9 Å². The molecule has 0 spiro atoms. The van der Waals surface area contributed by atoms with Gasteiger partial charge in [0.1, 0.15) is 0 Å². The highest BCUT2D eigenvalue weighted by atomic mass is 14.9. The zero-order valence-electron chi connectivity index (χ0n) is 13.6. The molecule has 0 unspecified atom stereocenters. The highest BCUT2D eigenvalue weighted by Crippen LogP contribution is 2.31. The molecule has 0 aromatic heterocycles. The Morgan fingerprint density at radius 3 is 2.29 bits per heavy atom. The maximum Gasteiger partial charge on any atom is 0.0214 e. The fraction of sp³-hybridized carbons (Fsp3) is 0.400. The first-order valence-corrected chi connectivity index (χ1v) is 7.96. The molecular weight excluding hydrogens is 254 g/mol. The van der Waals surface area contributed by atoms with Crippen LogP contribution in [0.25, 0.3) is 11.1 Å². The van der Waals surface area contributed by atoms with E-state index in [2.05, 4.69) is 63.3 Å². The second kappa shape index (κ2) is 5.65. The van der Waals surface area contributed by atoms with E-state index in [0.717, 1.165) is 12.6 Å². The van der Waals surface area contributed by atoms with E-state index in [-0.39, 0.29) is 0 Å². The van der Waals surface area contributed by atoms with Gasteiger partial charge in [-0.3, -0.25) is 0 Å². The number of hydrogen-bond donors (Lipinski definition) is 1. The van der Waals surface area contributed by atoms with Crippen molar-refractivity contribution in [3.8, 4) is 11.1 Å². The molecule has 110 valence electrons. The van der Waals surface area contributed by atoms with Crippen molar-refractivity contribution in [3.05, 3.63) is 58.1 Å². The Kier molecular flexibility index (Phi) is 3.86. The summed E-state index contributed by atoms with van der Waals surface area (Å²) in [4.78, 5) is 0. The number of benzene rings is 2. The second-order valence-electron chi connectivity index (χ2n) is 6.57. The molecule has 0 atom stereocenters. The van der Waals surface area contributed by atoms with Gasteiger partial charge in [0.15, 0.2) is 0 Å². The van der Waals surface area contributed by atoms with Gasteiger partial charge in [0.25, 0.3) is 0 Å². The molecule has 0 saturated heterocycles. The monoisotopic (exact) mass is 279 g/mol. The van der Waals surface area contributed by atoms with Crippen molar-refractivity contribution in [2.75, 3.05) is 0 Å². The molecule has 2 aromatic carbocycles. The van der Waals surface area contributed by atoms with Gasteiger partial charge in [0, 0.05) is 12.6 Å². The zero-order chi connectivity index (χ0) is 15.0. The molecule has 3 rings (SSSR count). The lowest BCUT2D eigenvalue weighted by Gasteiger charge is -2.16. The van der Waals surface area contributed by atoms with Crippen molar-refractivity contribution >= 4 is 0 Å². The van der Waals surface area contributed by atoms with Crippen molar-refractivity contribution in [1.29, 1.82) is 0 Å². The smallest absolute Gasteiger partial charge is 0.0214 e. The van der Waals surface area contributed by atoms with Crippen molar-refractivity contribution in [1.82, 2.24) is 5.32 Å². The van der Waals surface area contributed by atoms with Crippen LogP contribution < -0.4 is 5.32 Å². The van der Waals surface area contributed by atoms with Crippen LogP contribution in [-0.4, -0.2) is 6.04 Å². The molecule has 2 aromatic rings. The number of aryl methyl sites for hydroxylation is 4. The van der Waals surface area contributed by atoms with Crippen LogP contribution in [0, 0.1) is 27.7 Å². The van der Waals surface area contributed by atoms with Crippen LogP contribution in [0.1, 0.15) is 40.7 Å². The maximum atomic E-state index is 3.65. The average molecular weight is 279 g/mol. The van der Waals surface area contributed by atoms with E-state index < -0.39 is 0 Å². The first-order chi connectivity index (χ1) is 10.0. The normalized spacial score (nSPS) is 14.5. The third-order valence-corrected chi connectivity index (χ3v) is 4.55. The largest absolute Gasteiger partial charge is 0.310 e. The summed E-state index contributed by atoms with van der Waals surface area (Å²) in [5, 5.41) is 3.65. The number of hydrogen-bond acceptors (Lipinski definition) is 1. The highest BCUT2D eigenvalue weighted by molar-refractivity contribution is 5.72. The van der Waals surface area contributed by atoms with Crippen LogP contribution in [0.2, 0.25) is 0 Å². The van der Waals surface area contributed by atoms with Crippen molar-refractivity contribution in [2.24, 2.45) is 0 Å². The van der Waals surface area contributed by atoms with Gasteiger partial charge >= 0.3 is 0 Å². The van der Waals surface area contributed by atoms with E-state index in [1.54, 1.807) is 0 Å². The molecule has 0 aliphatic heterocycles. The standard InChI is InChI=1S/C20H25N/c1-13-5-6-17(12-21-18-7-8-18)20(9-13)19-11-15(3)14(2)10-16(19)4/h5-6,9-11,18,21H,7-8,12H2,1-4H3. The minimum atomic E-state index is 0.750. The Labute approximate surface area is 128 Å². The molecule has 1 N–H and O–H groups in total. The van der Waals surface area contributed by atoms with E-state index in [1.807, 2.05) is 0 Å². The molecule has 1 fully saturated rings. The zero-order valence-corrected chi connectivity index (χ0v) is 13.6. The average Bonchev–Trinajstić information content (AvgIpc) is 3.25. The van der Waals surface area contributed by atoms with Crippen molar-refractivity contribution in [3.63, 3.8) is 0 Å². The van der Waals surface area contributed by atoms with E-state index in [0.29, 0.717) is 0 Å². The predicted octanol–water partition coefficient (Wildman–Crippen LogP) is 4.84. The minimum Gasteiger partial charge on any atom is -0.310 e. The Bertz CT molecular complexity index is 666. The minimum absolute atomic E-state index is 0.750. The summed E-state index contributed by atoms with van der Waals surface area (Å²) in [5.41, 5.74) is 9.64. The van der Waals surface area contributed by atoms with Crippen LogP contribution in [0.3, 0.4) is 0 Å². The third kappa shape index (κ3) is 3.19. The van der Waals surface area contributed by atoms with Crippen LogP contribution in [0.4, 0.5) is 0 Å². The molecule has 0 bridgehead atoms. The Balaban J connectivity index is 2.02. The summed E-state index contributed by atoms with van der Waals surface area (Å²) >= 11 is 0. The topological polar surface area (TPSA) is 12.0 Å². The van der Waals surface area contributed by atoms with Gasteiger partial charge in [-0.25, -0.2) is 0 Å². The molecule has 1 heteroatoms. The lowest BCUT2D eigenvalue weighted by atomic mass is 9.91. The van der Waals surface area contributed by atoms with E-state index in [4.69, 9.17) is 0 Å². The SMILES string of the molecule is Cc1ccc(CNC2CC2)c(-c2cc(C)c(C)cc2C)c1. The summed E-state index contributed by atoms with van der Waals surface area (Å²) < 4.78 is 0. The van der Waals surface area contributed by atoms with Gasteiger partial charge < -0.3 is 5.32 Å². The quantitative estimate of drug-likeness (QED) is 0.844. The molecular formula is C20H25N. The fourth-order valence-corrected chi connectivity index (χ4v) is 2.89. The summed E-state index contributed by atoms with van der Waals surface area (Å²) in [6.45, 7) is 9.78. The Morgan fingerprint density at radius 2 is 1.57 bits per heavy atom. The van der Waals surface area contributed by atoms with Crippen LogP contribution in [-0.2, 0) is 6.54 Å². The van der Waals surface area contributed by atoms with Crippen molar-refractivity contribution in [2.45, 2.75) is 53.1 Å². The summed E-state index contributed by atoms with van der Waals surface area (Å²) in [6, 6.07) is 12.3. The lowest BCUT2D eigenvalue weighted by Crippen LogP contribution is -2.16. The predicted molar refractivity (Wildman–Crippen MR) is 90.7 cm³/mol. The third-order valence-electron chi connectivity index (χ3n) is 4.55. The molecule has 1 nitrogen and oxygen atoms in total. The first kappa shape index (κ1) is 14.3. The Morgan fingerprint density at radius 1 is 0.857 bits per heavy atom.